The summed E-state index contributed by atoms with van der Waals surface area (Å²) in [7, 11) is 0. The van der Waals surface area contributed by atoms with Crippen LogP contribution in [0.25, 0.3) is 0 Å². The summed E-state index contributed by atoms with van der Waals surface area (Å²) in [4.78, 5) is 0. The second-order valence-corrected chi connectivity index (χ2v) is 16.3. The molecule has 0 amide bonds. The fourth-order valence-corrected chi connectivity index (χ4v) is 18.5. The molecule has 1 atom stereocenters. The zero-order valence-electron chi connectivity index (χ0n) is 6.28. The smallest absolute Gasteiger partial charge is 0.198 e. The second kappa shape index (κ2) is 4.19. The molecule has 0 fully saturated rings. The molecule has 13 heavy (non-hydrogen) atoms. The van der Waals surface area contributed by atoms with Crippen molar-refractivity contribution in [3.8, 4) is 0 Å². The van der Waals surface area contributed by atoms with E-state index in [0.29, 0.717) is 6.16 Å². The number of halogens is 5. The van der Waals surface area contributed by atoms with Crippen molar-refractivity contribution in [3.63, 3.8) is 0 Å². The van der Waals surface area contributed by atoms with Crippen molar-refractivity contribution in [1.82, 2.24) is 0 Å². The molecular weight excluding hydrogens is 336 g/mol. The molecule has 1 aliphatic heterocycles. The van der Waals surface area contributed by atoms with Gasteiger partial charge in [-0.25, -0.2) is 0 Å². The monoisotopic (exact) mass is 339 g/mol. The third-order valence-corrected chi connectivity index (χ3v) is 14.4. The lowest BCUT2D eigenvalue weighted by Crippen LogP contribution is -1.74. The summed E-state index contributed by atoms with van der Waals surface area (Å²) in [6, 6.07) is 0. The number of hydrogen-bond acceptors (Lipinski definition) is 3. The maximum absolute atomic E-state index is 6.06. The van der Waals surface area contributed by atoms with Gasteiger partial charge in [-0.3, -0.25) is 0 Å². The summed E-state index contributed by atoms with van der Waals surface area (Å²) in [5.74, 6) is -5.59. The number of rotatable bonds is 1. The summed E-state index contributed by atoms with van der Waals surface area (Å²) in [5.41, 5.74) is 0. The highest BCUT2D eigenvalue weighted by Gasteiger charge is 2.30. The highest BCUT2D eigenvalue weighted by atomic mass is 35.9. The minimum Gasteiger partial charge on any atom is -0.198 e. The van der Waals surface area contributed by atoms with Gasteiger partial charge < -0.3 is 0 Å². The van der Waals surface area contributed by atoms with Crippen LogP contribution in [0.5, 0.6) is 0 Å². The fourth-order valence-electron chi connectivity index (χ4n) is 0.639. The Kier molecular flexibility index (Phi) is 4.26. The average Bonchev–Trinajstić information content (AvgIpc) is 1.79. The molecule has 1 rings (SSSR count). The Morgan fingerprint density at radius 1 is 0.846 bits per heavy atom. The van der Waals surface area contributed by atoms with Crippen LogP contribution in [-0.4, -0.2) is 6.16 Å². The Morgan fingerprint density at radius 3 is 1.69 bits per heavy atom. The van der Waals surface area contributed by atoms with Crippen LogP contribution in [0.2, 0.25) is 0 Å². The van der Waals surface area contributed by atoms with Crippen LogP contribution in [0.4, 0.5) is 0 Å². The molecule has 1 unspecified atom stereocenters. The van der Waals surface area contributed by atoms with E-state index in [2.05, 4.69) is 13.5 Å². The highest BCUT2D eigenvalue weighted by Crippen LogP contribution is 2.86. The third kappa shape index (κ3) is 3.89. The first-order chi connectivity index (χ1) is 5.68. The van der Waals surface area contributed by atoms with Crippen LogP contribution in [-0.2, 0) is 0 Å². The molecule has 1 heterocycles. The number of nitrogens with zero attached hydrogens (tertiary/aromatic N) is 3. The molecule has 1 aliphatic rings. The van der Waals surface area contributed by atoms with Crippen molar-refractivity contribution in [2.24, 2.45) is 13.5 Å². The Balaban J connectivity index is 3.44. The van der Waals surface area contributed by atoms with Crippen LogP contribution in [0.1, 0.15) is 6.92 Å². The molecule has 0 spiro atoms. The first kappa shape index (κ1) is 13.2. The van der Waals surface area contributed by atoms with Gasteiger partial charge in [-0.1, -0.05) is 18.2 Å². The summed E-state index contributed by atoms with van der Waals surface area (Å²) in [6.07, 6.45) is 0.534. The van der Waals surface area contributed by atoms with Crippen LogP contribution in [0.3, 0.4) is 0 Å². The van der Waals surface area contributed by atoms with Crippen molar-refractivity contribution in [3.05, 3.63) is 0 Å². The fraction of sp³-hybridized carbons (Fsp3) is 1.00. The molecule has 78 valence electrons. The Morgan fingerprint density at radius 2 is 1.31 bits per heavy atom. The normalized spacial score (nSPS) is 35.5. The molecule has 0 aromatic carbocycles. The van der Waals surface area contributed by atoms with Gasteiger partial charge in [-0.05, 0) is 45.0 Å². The van der Waals surface area contributed by atoms with Gasteiger partial charge in [0.15, 0.2) is 6.56 Å². The SMILES string of the molecule is CCP1(Cl)=NP(Cl)(Cl)=NP(Cl)(Cl)=N1. The van der Waals surface area contributed by atoms with E-state index in [4.69, 9.17) is 56.2 Å². The quantitative estimate of drug-likeness (QED) is 0.455. The zero-order valence-corrected chi connectivity index (χ0v) is 12.7. The minimum atomic E-state index is -2.79. The predicted octanol–water partition coefficient (Wildman–Crippen LogP) is 7.14. The highest BCUT2D eigenvalue weighted by molar-refractivity contribution is 8.22. The van der Waals surface area contributed by atoms with Crippen LogP contribution in [0, 0.1) is 0 Å². The van der Waals surface area contributed by atoms with E-state index in [1.807, 2.05) is 6.92 Å². The van der Waals surface area contributed by atoms with Gasteiger partial charge in [0, 0.05) is 6.16 Å². The Hall–Kier alpha value is 2.14. The second-order valence-electron chi connectivity index (χ2n) is 2.14. The summed E-state index contributed by atoms with van der Waals surface area (Å²) in [5, 5.41) is 0. The Labute approximate surface area is 101 Å². The molecule has 3 nitrogen and oxygen atoms in total. The summed E-state index contributed by atoms with van der Waals surface area (Å²) < 4.78 is 11.8. The molecule has 0 saturated heterocycles. The van der Waals surface area contributed by atoms with Crippen molar-refractivity contribution < 1.29 is 0 Å². The standard InChI is InChI=1S/C2H5Cl5N3P3/c1-2-11(3)8-12(4,5)10-13(6,7)9-11/h2H2,1H3. The molecule has 0 aliphatic carbocycles. The van der Waals surface area contributed by atoms with E-state index >= 15 is 0 Å². The van der Waals surface area contributed by atoms with Crippen LogP contribution in [0.15, 0.2) is 13.5 Å². The first-order valence-corrected chi connectivity index (χ1v) is 12.9. The lowest BCUT2D eigenvalue weighted by molar-refractivity contribution is 1.47. The number of hydrogen-bond donors (Lipinski definition) is 0. The van der Waals surface area contributed by atoms with Gasteiger partial charge in [-0.2, -0.15) is 13.5 Å². The molecule has 0 aromatic rings. The van der Waals surface area contributed by atoms with Crippen molar-refractivity contribution in [2.45, 2.75) is 6.92 Å². The minimum absolute atomic E-state index is 0.534. The van der Waals surface area contributed by atoms with E-state index in [1.165, 1.54) is 0 Å². The van der Waals surface area contributed by atoms with Gasteiger partial charge >= 0.3 is 0 Å². The molecule has 0 saturated carbocycles. The van der Waals surface area contributed by atoms with E-state index in [-0.39, 0.29) is 0 Å². The van der Waals surface area contributed by atoms with E-state index in [9.17, 15) is 0 Å². The average molecular weight is 341 g/mol. The van der Waals surface area contributed by atoms with Crippen molar-refractivity contribution in [1.29, 1.82) is 0 Å². The lowest BCUT2D eigenvalue weighted by Gasteiger charge is -2.20. The summed E-state index contributed by atoms with van der Waals surface area (Å²) in [6.45, 7) is -0.554. The zero-order chi connectivity index (χ0) is 10.3. The van der Waals surface area contributed by atoms with Gasteiger partial charge in [0.1, 0.15) is 0 Å². The topological polar surface area (TPSA) is 37.1 Å². The van der Waals surface area contributed by atoms with Gasteiger partial charge in [0.05, 0.1) is 0 Å². The molecule has 0 aromatic heterocycles. The van der Waals surface area contributed by atoms with Crippen molar-refractivity contribution >= 4 is 74.6 Å². The molecule has 0 N–H and O–H groups in total. The maximum atomic E-state index is 6.06. The summed E-state index contributed by atoms with van der Waals surface area (Å²) >= 11 is 29.3. The van der Waals surface area contributed by atoms with Gasteiger partial charge in [0.2, 0.25) is 0 Å². The van der Waals surface area contributed by atoms with Gasteiger partial charge in [-0.15, -0.1) is 0 Å². The van der Waals surface area contributed by atoms with Crippen LogP contribution < -0.4 is 0 Å². The van der Waals surface area contributed by atoms with E-state index < -0.39 is 18.4 Å². The van der Waals surface area contributed by atoms with E-state index in [1.54, 1.807) is 0 Å². The lowest BCUT2D eigenvalue weighted by atomic mass is 11.0. The van der Waals surface area contributed by atoms with Crippen LogP contribution >= 0.6 is 74.6 Å². The molecular formula is C2H5Cl5N3P3. The molecule has 11 heteroatoms. The predicted molar refractivity (Wildman–Crippen MR) is 67.9 cm³/mol. The largest absolute Gasteiger partial charge is 0.256 e. The Bertz CT molecular complexity index is 367. The molecule has 0 radical (unpaired) electrons. The van der Waals surface area contributed by atoms with E-state index in [0.717, 1.165) is 0 Å². The molecule has 0 bridgehead atoms. The van der Waals surface area contributed by atoms with Gasteiger partial charge in [0.25, 0.3) is 11.8 Å². The van der Waals surface area contributed by atoms with Crippen molar-refractivity contribution in [2.75, 3.05) is 6.16 Å². The third-order valence-electron chi connectivity index (χ3n) is 1.11. The first-order valence-electron chi connectivity index (χ1n) is 3.07. The maximum Gasteiger partial charge on any atom is 0.256 e.